The van der Waals surface area contributed by atoms with Crippen molar-refractivity contribution in [1.29, 1.82) is 0 Å². The first kappa shape index (κ1) is 13.1. The van der Waals surface area contributed by atoms with E-state index in [2.05, 4.69) is 45.0 Å². The van der Waals surface area contributed by atoms with Crippen molar-refractivity contribution < 1.29 is 10.5 Å². The first-order chi connectivity index (χ1) is 6.75. The minimum Gasteiger partial charge on any atom is -0.255 e. The largest absolute Gasteiger partial charge is 0.255 e. The lowest BCUT2D eigenvalue weighted by molar-refractivity contribution is -0.176. The normalized spacial score (nSPS) is 9.57. The maximum atomic E-state index is 6.00. The minimum atomic E-state index is 0.660. The van der Waals surface area contributed by atoms with Crippen LogP contribution in [0.2, 0.25) is 0 Å². The summed E-state index contributed by atoms with van der Waals surface area (Å²) >= 11 is 0. The fourth-order valence-electron chi connectivity index (χ4n) is 1.59. The Hall–Kier alpha value is -0.860. The van der Waals surface area contributed by atoms with Gasteiger partial charge in [-0.05, 0) is 23.5 Å². The van der Waals surface area contributed by atoms with Crippen LogP contribution in [-0.4, -0.2) is 10.5 Å². The Morgan fingerprint density at radius 2 is 1.71 bits per heavy atom. The smallest absolute Gasteiger partial charge is 0.0216 e. The molecular formula is C12H20O2. The minimum absolute atomic E-state index is 0.660. The van der Waals surface area contributed by atoms with Crippen LogP contribution in [0.25, 0.3) is 0 Å². The number of hydrogen-bond donors (Lipinski definition) is 2. The van der Waals surface area contributed by atoms with E-state index >= 15 is 0 Å². The number of rotatable bonds is 3. The van der Waals surface area contributed by atoms with Crippen LogP contribution in [0.4, 0.5) is 0 Å². The highest BCUT2D eigenvalue weighted by atomic mass is 17.0. The molecule has 0 aliphatic rings. The maximum absolute atomic E-state index is 6.00. The third kappa shape index (κ3) is 3.90. The van der Waals surface area contributed by atoms with Crippen LogP contribution in [0.1, 0.15) is 44.2 Å². The summed E-state index contributed by atoms with van der Waals surface area (Å²) in [7, 11) is 0. The highest BCUT2D eigenvalue weighted by Gasteiger charge is 2.03. The van der Waals surface area contributed by atoms with Crippen molar-refractivity contribution in [3.05, 3.63) is 35.4 Å². The lowest BCUT2D eigenvalue weighted by Gasteiger charge is -2.11. The molecule has 0 saturated heterocycles. The molecule has 0 spiro atoms. The van der Waals surface area contributed by atoms with Gasteiger partial charge < -0.3 is 0 Å². The molecule has 0 saturated carbocycles. The van der Waals surface area contributed by atoms with Crippen molar-refractivity contribution in [3.63, 3.8) is 0 Å². The van der Waals surface area contributed by atoms with Gasteiger partial charge in [-0.2, -0.15) is 0 Å². The zero-order valence-corrected chi connectivity index (χ0v) is 9.20. The molecule has 1 aromatic rings. The lowest BCUT2D eigenvalue weighted by atomic mass is 9.95. The zero-order chi connectivity index (χ0) is 11.0. The van der Waals surface area contributed by atoms with Crippen molar-refractivity contribution in [2.75, 3.05) is 0 Å². The number of aryl methyl sites for hydroxylation is 1. The Labute approximate surface area is 86.1 Å². The highest BCUT2D eigenvalue weighted by molar-refractivity contribution is 5.29. The monoisotopic (exact) mass is 196 g/mol. The quantitative estimate of drug-likeness (QED) is 0.570. The molecule has 2 nitrogen and oxygen atoms in total. The molecule has 1 aromatic carbocycles. The van der Waals surface area contributed by atoms with Crippen LogP contribution in [-0.2, 0) is 6.42 Å². The van der Waals surface area contributed by atoms with E-state index in [4.69, 9.17) is 10.5 Å². The topological polar surface area (TPSA) is 40.5 Å². The van der Waals surface area contributed by atoms with Gasteiger partial charge in [0.15, 0.2) is 0 Å². The van der Waals surface area contributed by atoms with E-state index in [1.807, 2.05) is 0 Å². The van der Waals surface area contributed by atoms with Crippen LogP contribution in [0.5, 0.6) is 0 Å². The standard InChI is InChI=1S/C12H18.H2O2/c1-4-7-11-8-5-6-9-12(11)10(2)3;1-2/h5-6,8-10H,4,7H2,1-3H3;1-2H. The molecule has 2 heteroatoms. The molecule has 1 rings (SSSR count). The summed E-state index contributed by atoms with van der Waals surface area (Å²) in [6.45, 7) is 6.75. The predicted molar refractivity (Wildman–Crippen MR) is 59.8 cm³/mol. The molecule has 0 amide bonds. The molecule has 80 valence electrons. The Morgan fingerprint density at radius 1 is 1.14 bits per heavy atom. The van der Waals surface area contributed by atoms with E-state index in [1.54, 1.807) is 0 Å². The van der Waals surface area contributed by atoms with Crippen molar-refractivity contribution in [2.45, 2.75) is 39.5 Å². The van der Waals surface area contributed by atoms with Gasteiger partial charge in [0, 0.05) is 0 Å². The summed E-state index contributed by atoms with van der Waals surface area (Å²) < 4.78 is 0. The Balaban J connectivity index is 0.000000791. The first-order valence-corrected chi connectivity index (χ1v) is 5.03. The summed E-state index contributed by atoms with van der Waals surface area (Å²) in [6.07, 6.45) is 2.46. The molecule has 14 heavy (non-hydrogen) atoms. The molecule has 0 aliphatic heterocycles. The number of hydrogen-bond acceptors (Lipinski definition) is 2. The Kier molecular flexibility index (Phi) is 7.07. The molecular weight excluding hydrogens is 176 g/mol. The summed E-state index contributed by atoms with van der Waals surface area (Å²) in [5.74, 6) is 0.660. The van der Waals surface area contributed by atoms with Gasteiger partial charge in [-0.25, -0.2) is 0 Å². The summed E-state index contributed by atoms with van der Waals surface area (Å²) in [5.41, 5.74) is 3.04. The average Bonchev–Trinajstić information content (AvgIpc) is 2.22. The fraction of sp³-hybridized carbons (Fsp3) is 0.500. The maximum Gasteiger partial charge on any atom is -0.0216 e. The third-order valence-corrected chi connectivity index (χ3v) is 2.20. The third-order valence-electron chi connectivity index (χ3n) is 2.20. The van der Waals surface area contributed by atoms with Crippen molar-refractivity contribution in [3.8, 4) is 0 Å². The van der Waals surface area contributed by atoms with Gasteiger partial charge in [-0.1, -0.05) is 51.5 Å². The molecule has 0 bridgehead atoms. The Morgan fingerprint density at radius 3 is 2.21 bits per heavy atom. The van der Waals surface area contributed by atoms with Crippen LogP contribution in [0.15, 0.2) is 24.3 Å². The van der Waals surface area contributed by atoms with Crippen LogP contribution < -0.4 is 0 Å². The van der Waals surface area contributed by atoms with E-state index < -0.39 is 0 Å². The summed E-state index contributed by atoms with van der Waals surface area (Å²) in [4.78, 5) is 0. The molecule has 0 heterocycles. The lowest BCUT2D eigenvalue weighted by Crippen LogP contribution is -1.94. The van der Waals surface area contributed by atoms with Crippen LogP contribution in [0.3, 0.4) is 0 Å². The van der Waals surface area contributed by atoms with E-state index in [9.17, 15) is 0 Å². The van der Waals surface area contributed by atoms with Gasteiger partial charge in [0.2, 0.25) is 0 Å². The second-order valence-electron chi connectivity index (χ2n) is 3.60. The van der Waals surface area contributed by atoms with Gasteiger partial charge in [0.05, 0.1) is 0 Å². The van der Waals surface area contributed by atoms with E-state index in [-0.39, 0.29) is 0 Å². The number of benzene rings is 1. The SMILES string of the molecule is CCCc1ccccc1C(C)C.OO. The summed E-state index contributed by atoms with van der Waals surface area (Å²) in [5, 5.41) is 12.0. The van der Waals surface area contributed by atoms with E-state index in [0.29, 0.717) is 5.92 Å². The molecule has 2 N–H and O–H groups in total. The predicted octanol–water partition coefficient (Wildman–Crippen LogP) is 3.78. The van der Waals surface area contributed by atoms with E-state index in [0.717, 1.165) is 0 Å². The van der Waals surface area contributed by atoms with E-state index in [1.165, 1.54) is 24.0 Å². The Bertz CT molecular complexity index is 244. The van der Waals surface area contributed by atoms with Gasteiger partial charge in [-0.15, -0.1) is 0 Å². The second kappa shape index (κ2) is 7.54. The highest BCUT2D eigenvalue weighted by Crippen LogP contribution is 2.19. The van der Waals surface area contributed by atoms with Crippen molar-refractivity contribution in [2.24, 2.45) is 0 Å². The van der Waals surface area contributed by atoms with Gasteiger partial charge in [-0.3, -0.25) is 10.5 Å². The van der Waals surface area contributed by atoms with Crippen molar-refractivity contribution in [1.82, 2.24) is 0 Å². The molecule has 0 aromatic heterocycles. The second-order valence-corrected chi connectivity index (χ2v) is 3.60. The zero-order valence-electron chi connectivity index (χ0n) is 9.20. The van der Waals surface area contributed by atoms with Gasteiger partial charge in [0.25, 0.3) is 0 Å². The van der Waals surface area contributed by atoms with Crippen LogP contribution >= 0.6 is 0 Å². The molecule has 0 aliphatic carbocycles. The fourth-order valence-corrected chi connectivity index (χ4v) is 1.59. The molecule has 0 atom stereocenters. The molecule has 0 fully saturated rings. The van der Waals surface area contributed by atoms with Gasteiger partial charge in [0.1, 0.15) is 0 Å². The average molecular weight is 196 g/mol. The molecule has 0 radical (unpaired) electrons. The molecule has 0 unspecified atom stereocenters. The van der Waals surface area contributed by atoms with Crippen molar-refractivity contribution >= 4 is 0 Å². The first-order valence-electron chi connectivity index (χ1n) is 5.03. The summed E-state index contributed by atoms with van der Waals surface area (Å²) in [6, 6.07) is 8.76. The van der Waals surface area contributed by atoms with Crippen LogP contribution in [0, 0.1) is 0 Å². The van der Waals surface area contributed by atoms with Gasteiger partial charge >= 0.3 is 0 Å².